The monoisotopic (exact) mass is 505 g/mol. The zero-order valence-corrected chi connectivity index (χ0v) is 20.9. The highest BCUT2D eigenvalue weighted by molar-refractivity contribution is 5.95. The lowest BCUT2D eigenvalue weighted by atomic mass is 9.97. The summed E-state index contributed by atoms with van der Waals surface area (Å²) >= 11 is 0. The molecule has 2 aliphatic heterocycles. The standard InChI is InChI=1S/C25H35N3O8/c1-3-34-24(32)9-11-26-10-6-19-4-5-22(14-20(19)15-26)28(23(31)16-29)21-7-12-27(13-8-21)25(33)36-17-35-18(2)30/h4-5,14,21,29H,3,6-13,15-17H2,1-2H3. The maximum Gasteiger partial charge on any atom is 0.412 e. The van der Waals surface area contributed by atoms with E-state index in [1.165, 1.54) is 17.4 Å². The first kappa shape index (κ1) is 27.4. The van der Waals surface area contributed by atoms with Gasteiger partial charge in [-0.2, -0.15) is 0 Å². The zero-order chi connectivity index (χ0) is 26.1. The van der Waals surface area contributed by atoms with Crippen LogP contribution in [0.5, 0.6) is 0 Å². The summed E-state index contributed by atoms with van der Waals surface area (Å²) in [5.41, 5.74) is 2.99. The first-order chi connectivity index (χ1) is 17.3. The maximum absolute atomic E-state index is 12.8. The number of ether oxygens (including phenoxy) is 3. The van der Waals surface area contributed by atoms with Crippen molar-refractivity contribution >= 4 is 29.6 Å². The Kier molecular flexibility index (Phi) is 10.1. The van der Waals surface area contributed by atoms with Crippen LogP contribution in [0.25, 0.3) is 0 Å². The SMILES string of the molecule is CCOC(=O)CCN1CCc2ccc(N(C(=O)CO)C3CCN(C(=O)OCOC(C)=O)CC3)cc2C1. The molecule has 0 radical (unpaired) electrons. The normalized spacial score (nSPS) is 16.1. The molecule has 1 fully saturated rings. The molecule has 0 bridgehead atoms. The molecule has 2 aliphatic rings. The molecule has 0 atom stereocenters. The highest BCUT2D eigenvalue weighted by Gasteiger charge is 2.31. The average Bonchev–Trinajstić information content (AvgIpc) is 2.87. The number of carbonyl (C=O) groups is 4. The molecule has 1 aromatic carbocycles. The van der Waals surface area contributed by atoms with Crippen LogP contribution >= 0.6 is 0 Å². The van der Waals surface area contributed by atoms with Gasteiger partial charge < -0.3 is 29.1 Å². The number of rotatable bonds is 9. The topological polar surface area (TPSA) is 126 Å². The van der Waals surface area contributed by atoms with E-state index in [1.807, 2.05) is 18.2 Å². The molecule has 0 saturated carbocycles. The molecule has 0 aromatic heterocycles. The summed E-state index contributed by atoms with van der Waals surface area (Å²) < 4.78 is 14.6. The van der Waals surface area contributed by atoms with Crippen molar-refractivity contribution in [3.8, 4) is 0 Å². The van der Waals surface area contributed by atoms with Gasteiger partial charge in [-0.1, -0.05) is 6.07 Å². The lowest BCUT2D eigenvalue weighted by molar-refractivity contribution is -0.149. The van der Waals surface area contributed by atoms with Gasteiger partial charge in [-0.25, -0.2) is 4.79 Å². The van der Waals surface area contributed by atoms with E-state index in [9.17, 15) is 24.3 Å². The lowest BCUT2D eigenvalue weighted by Gasteiger charge is -2.38. The third-order valence-electron chi connectivity index (χ3n) is 6.43. The Labute approximate surface area is 210 Å². The predicted octanol–water partition coefficient (Wildman–Crippen LogP) is 1.44. The quantitative estimate of drug-likeness (QED) is 0.392. The number of piperidine rings is 1. The number of aliphatic hydroxyl groups is 1. The molecular weight excluding hydrogens is 470 g/mol. The fourth-order valence-corrected chi connectivity index (χ4v) is 4.62. The molecule has 36 heavy (non-hydrogen) atoms. The van der Waals surface area contributed by atoms with Crippen molar-refractivity contribution in [3.05, 3.63) is 29.3 Å². The second-order valence-electron chi connectivity index (χ2n) is 8.84. The fraction of sp³-hybridized carbons (Fsp3) is 0.600. The van der Waals surface area contributed by atoms with E-state index in [-0.39, 0.29) is 12.0 Å². The zero-order valence-electron chi connectivity index (χ0n) is 20.9. The van der Waals surface area contributed by atoms with Gasteiger partial charge in [-0.3, -0.25) is 19.3 Å². The van der Waals surface area contributed by atoms with E-state index >= 15 is 0 Å². The van der Waals surface area contributed by atoms with Crippen LogP contribution in [0.1, 0.15) is 44.2 Å². The predicted molar refractivity (Wildman–Crippen MR) is 129 cm³/mol. The van der Waals surface area contributed by atoms with Crippen LogP contribution in [0.15, 0.2) is 18.2 Å². The Bertz CT molecular complexity index is 945. The molecule has 1 saturated heterocycles. The number of carbonyl (C=O) groups excluding carboxylic acids is 4. The van der Waals surface area contributed by atoms with E-state index in [2.05, 4.69) is 9.64 Å². The third kappa shape index (κ3) is 7.41. The van der Waals surface area contributed by atoms with Gasteiger partial charge in [0.05, 0.1) is 13.0 Å². The van der Waals surface area contributed by atoms with Crippen molar-refractivity contribution in [1.82, 2.24) is 9.80 Å². The number of hydrogen-bond acceptors (Lipinski definition) is 9. The minimum Gasteiger partial charge on any atom is -0.466 e. The van der Waals surface area contributed by atoms with Gasteiger partial charge in [-0.15, -0.1) is 0 Å². The molecule has 2 amide bonds. The van der Waals surface area contributed by atoms with Gasteiger partial charge in [0.2, 0.25) is 6.79 Å². The van der Waals surface area contributed by atoms with Crippen LogP contribution in [0.4, 0.5) is 10.5 Å². The van der Waals surface area contributed by atoms with Crippen molar-refractivity contribution in [2.75, 3.05) is 51.1 Å². The van der Waals surface area contributed by atoms with E-state index in [0.717, 1.165) is 18.5 Å². The van der Waals surface area contributed by atoms with E-state index in [4.69, 9.17) is 9.47 Å². The summed E-state index contributed by atoms with van der Waals surface area (Å²) in [4.78, 5) is 52.9. The first-order valence-corrected chi connectivity index (χ1v) is 12.3. The summed E-state index contributed by atoms with van der Waals surface area (Å²) in [5.74, 6) is -1.15. The molecule has 0 spiro atoms. The fourth-order valence-electron chi connectivity index (χ4n) is 4.62. The number of fused-ring (bicyclic) bond motifs is 1. The first-order valence-electron chi connectivity index (χ1n) is 12.3. The average molecular weight is 506 g/mol. The van der Waals surface area contributed by atoms with E-state index in [1.54, 1.807) is 11.8 Å². The molecule has 11 heteroatoms. The second-order valence-corrected chi connectivity index (χ2v) is 8.84. The van der Waals surface area contributed by atoms with Crippen LogP contribution in [-0.4, -0.2) is 91.1 Å². The number of likely N-dealkylation sites (tertiary alicyclic amines) is 1. The molecule has 0 unspecified atom stereocenters. The molecular formula is C25H35N3O8. The van der Waals surface area contributed by atoms with Gasteiger partial charge >= 0.3 is 18.0 Å². The number of benzene rings is 1. The van der Waals surface area contributed by atoms with Crippen molar-refractivity contribution in [1.29, 1.82) is 0 Å². The molecule has 11 nitrogen and oxygen atoms in total. The third-order valence-corrected chi connectivity index (χ3v) is 6.43. The Morgan fingerprint density at radius 2 is 1.81 bits per heavy atom. The van der Waals surface area contributed by atoms with Crippen molar-refractivity contribution in [2.24, 2.45) is 0 Å². The van der Waals surface area contributed by atoms with Crippen molar-refractivity contribution < 1.29 is 38.5 Å². The van der Waals surface area contributed by atoms with Gasteiger partial charge in [0.25, 0.3) is 5.91 Å². The van der Waals surface area contributed by atoms with Crippen LogP contribution in [-0.2, 0) is 41.6 Å². The summed E-state index contributed by atoms with van der Waals surface area (Å²) in [6.45, 7) is 5.18. The van der Waals surface area contributed by atoms with Gasteiger partial charge in [0.1, 0.15) is 6.61 Å². The molecule has 3 rings (SSSR count). The number of anilines is 1. The Morgan fingerprint density at radius 3 is 2.47 bits per heavy atom. The van der Waals surface area contributed by atoms with Crippen molar-refractivity contribution in [3.63, 3.8) is 0 Å². The van der Waals surface area contributed by atoms with Gasteiger partial charge in [-0.05, 0) is 49.4 Å². The van der Waals surface area contributed by atoms with E-state index in [0.29, 0.717) is 57.7 Å². The van der Waals surface area contributed by atoms with E-state index < -0.39 is 31.4 Å². The summed E-state index contributed by atoms with van der Waals surface area (Å²) in [5, 5.41) is 9.66. The largest absolute Gasteiger partial charge is 0.466 e. The number of esters is 2. The summed E-state index contributed by atoms with van der Waals surface area (Å²) in [6.07, 6.45) is 1.63. The minimum atomic E-state index is -0.618. The maximum atomic E-state index is 12.8. The minimum absolute atomic E-state index is 0.191. The van der Waals surface area contributed by atoms with Gasteiger partial charge in [0, 0.05) is 51.4 Å². The van der Waals surface area contributed by atoms with Crippen LogP contribution in [0.2, 0.25) is 0 Å². The highest BCUT2D eigenvalue weighted by atomic mass is 16.7. The van der Waals surface area contributed by atoms with Crippen LogP contribution in [0, 0.1) is 0 Å². The van der Waals surface area contributed by atoms with Crippen molar-refractivity contribution in [2.45, 2.75) is 52.1 Å². The molecule has 198 valence electrons. The molecule has 2 heterocycles. The molecule has 1 N–H and O–H groups in total. The number of nitrogens with zero attached hydrogens (tertiary/aromatic N) is 3. The Balaban J connectivity index is 1.64. The highest BCUT2D eigenvalue weighted by Crippen LogP contribution is 2.29. The second kappa shape index (κ2) is 13.2. The number of amides is 2. The number of hydrogen-bond donors (Lipinski definition) is 1. The number of aliphatic hydroxyl groups excluding tert-OH is 1. The molecule has 0 aliphatic carbocycles. The summed E-state index contributed by atoms with van der Waals surface area (Å²) in [7, 11) is 0. The lowest BCUT2D eigenvalue weighted by Crippen LogP contribution is -2.50. The smallest absolute Gasteiger partial charge is 0.412 e. The van der Waals surface area contributed by atoms with Crippen LogP contribution in [0.3, 0.4) is 0 Å². The Hall–Kier alpha value is -3.18. The van der Waals surface area contributed by atoms with Crippen LogP contribution < -0.4 is 4.90 Å². The van der Waals surface area contributed by atoms with Gasteiger partial charge in [0.15, 0.2) is 0 Å². The summed E-state index contributed by atoms with van der Waals surface area (Å²) in [6, 6.07) is 5.72. The Morgan fingerprint density at radius 1 is 1.06 bits per heavy atom. The molecule has 1 aromatic rings.